The maximum Gasteiger partial charge on any atom is 0.225 e. The average Bonchev–Trinajstić information content (AvgIpc) is 3.34. The molecule has 1 aromatic heterocycles. The third kappa shape index (κ3) is 3.52. The molecule has 3 rings (SSSR count). The van der Waals surface area contributed by atoms with Crippen molar-refractivity contribution in [1.82, 2.24) is 14.3 Å². The largest absolute Gasteiger partial charge is 0.341 e. The number of sulfonamides is 1. The van der Waals surface area contributed by atoms with Crippen LogP contribution in [0.4, 0.5) is 5.95 Å². The lowest BCUT2D eigenvalue weighted by atomic mass is 9.97. The topological polar surface area (TPSA) is 66.4 Å². The number of aromatic nitrogens is 2. The molecule has 22 heavy (non-hydrogen) atoms. The maximum absolute atomic E-state index is 12.2. The number of piperidine rings is 1. The Morgan fingerprint density at radius 1 is 1.23 bits per heavy atom. The van der Waals surface area contributed by atoms with Gasteiger partial charge in [-0.05, 0) is 31.6 Å². The van der Waals surface area contributed by atoms with Crippen LogP contribution in [0.25, 0.3) is 0 Å². The summed E-state index contributed by atoms with van der Waals surface area (Å²) in [6, 6.07) is 0. The predicted octanol–water partition coefficient (Wildman–Crippen LogP) is 1.77. The first-order chi connectivity index (χ1) is 10.5. The van der Waals surface area contributed by atoms with Gasteiger partial charge in [0.2, 0.25) is 16.0 Å². The summed E-state index contributed by atoms with van der Waals surface area (Å²) in [5.41, 5.74) is 0. The molecule has 0 amide bonds. The minimum Gasteiger partial charge on any atom is -0.341 e. The number of rotatable bonds is 5. The van der Waals surface area contributed by atoms with Crippen LogP contribution in [0.5, 0.6) is 0 Å². The van der Waals surface area contributed by atoms with Crippen LogP contribution >= 0.6 is 11.6 Å². The van der Waals surface area contributed by atoms with Crippen molar-refractivity contribution < 1.29 is 8.42 Å². The second kappa shape index (κ2) is 6.29. The molecule has 0 N–H and O–H groups in total. The van der Waals surface area contributed by atoms with E-state index >= 15 is 0 Å². The van der Waals surface area contributed by atoms with E-state index in [0.29, 0.717) is 23.4 Å². The zero-order chi connectivity index (χ0) is 15.7. The molecule has 6 nitrogen and oxygen atoms in total. The summed E-state index contributed by atoms with van der Waals surface area (Å²) >= 11 is 5.80. The fourth-order valence-electron chi connectivity index (χ4n) is 2.87. The van der Waals surface area contributed by atoms with Crippen molar-refractivity contribution in [1.29, 1.82) is 0 Å². The summed E-state index contributed by atoms with van der Waals surface area (Å²) in [5, 5.41) is 0.408. The SMILES string of the molecule is CN(CC1CCN(c2ncc(Cl)cn2)CC1)S(=O)(=O)C1CC1. The van der Waals surface area contributed by atoms with Crippen molar-refractivity contribution in [3.63, 3.8) is 0 Å². The van der Waals surface area contributed by atoms with Gasteiger partial charge in [0.05, 0.1) is 22.7 Å². The predicted molar refractivity (Wildman–Crippen MR) is 86.6 cm³/mol. The monoisotopic (exact) mass is 344 g/mol. The number of halogens is 1. The highest BCUT2D eigenvalue weighted by Gasteiger charge is 2.39. The molecule has 0 spiro atoms. The number of nitrogens with zero attached hydrogens (tertiary/aromatic N) is 4. The molecule has 0 aromatic carbocycles. The van der Waals surface area contributed by atoms with Gasteiger partial charge in [-0.3, -0.25) is 0 Å². The van der Waals surface area contributed by atoms with E-state index in [1.165, 1.54) is 0 Å². The van der Waals surface area contributed by atoms with Gasteiger partial charge in [0, 0.05) is 26.7 Å². The van der Waals surface area contributed by atoms with Gasteiger partial charge in [-0.25, -0.2) is 22.7 Å². The molecule has 8 heteroatoms. The average molecular weight is 345 g/mol. The highest BCUT2D eigenvalue weighted by molar-refractivity contribution is 7.90. The smallest absolute Gasteiger partial charge is 0.225 e. The van der Waals surface area contributed by atoms with Gasteiger partial charge in [0.1, 0.15) is 0 Å². The van der Waals surface area contributed by atoms with Crippen LogP contribution < -0.4 is 4.90 Å². The molecule has 2 aliphatic rings. The lowest BCUT2D eigenvalue weighted by Gasteiger charge is -2.33. The van der Waals surface area contributed by atoms with Gasteiger partial charge in [-0.1, -0.05) is 11.6 Å². The van der Waals surface area contributed by atoms with Crippen molar-refractivity contribution in [2.75, 3.05) is 31.6 Å². The number of hydrogen-bond acceptors (Lipinski definition) is 5. The first kappa shape index (κ1) is 16.0. The third-order valence-corrected chi connectivity index (χ3v) is 6.93. The van der Waals surface area contributed by atoms with Crippen LogP contribution in [0.2, 0.25) is 5.02 Å². The van der Waals surface area contributed by atoms with Gasteiger partial charge in [0.25, 0.3) is 0 Å². The Kier molecular flexibility index (Phi) is 4.56. The van der Waals surface area contributed by atoms with Gasteiger partial charge >= 0.3 is 0 Å². The van der Waals surface area contributed by atoms with Crippen molar-refractivity contribution in [3.8, 4) is 0 Å². The van der Waals surface area contributed by atoms with E-state index in [2.05, 4.69) is 14.9 Å². The van der Waals surface area contributed by atoms with Gasteiger partial charge in [-0.15, -0.1) is 0 Å². The highest BCUT2D eigenvalue weighted by Crippen LogP contribution is 2.31. The summed E-state index contributed by atoms with van der Waals surface area (Å²) < 4.78 is 25.9. The van der Waals surface area contributed by atoms with Crippen LogP contribution in [0.3, 0.4) is 0 Å². The van der Waals surface area contributed by atoms with E-state index < -0.39 is 10.0 Å². The van der Waals surface area contributed by atoms with E-state index in [9.17, 15) is 8.42 Å². The molecular formula is C14H21ClN4O2S. The Balaban J connectivity index is 1.52. The van der Waals surface area contributed by atoms with Crippen LogP contribution in [0, 0.1) is 5.92 Å². The molecule has 0 atom stereocenters. The van der Waals surface area contributed by atoms with Crippen LogP contribution in [0.1, 0.15) is 25.7 Å². The first-order valence-electron chi connectivity index (χ1n) is 7.64. The standard InChI is InChI=1S/C14H21ClN4O2S/c1-18(22(20,21)13-2-3-13)10-11-4-6-19(7-5-11)14-16-8-12(15)9-17-14/h8-9,11,13H,2-7,10H2,1H3. The quantitative estimate of drug-likeness (QED) is 0.814. The Bertz CT molecular complexity index is 610. The number of anilines is 1. The second-order valence-electron chi connectivity index (χ2n) is 6.16. The van der Waals surface area contributed by atoms with Crippen LogP contribution in [-0.2, 0) is 10.0 Å². The molecule has 1 aromatic rings. The highest BCUT2D eigenvalue weighted by atomic mass is 35.5. The molecule has 2 heterocycles. The Hall–Kier alpha value is -0.920. The van der Waals surface area contributed by atoms with Crippen molar-refractivity contribution >= 4 is 27.6 Å². The van der Waals surface area contributed by atoms with E-state index in [0.717, 1.165) is 38.8 Å². The first-order valence-corrected chi connectivity index (χ1v) is 9.52. The third-order valence-electron chi connectivity index (χ3n) is 4.40. The normalized spacial score (nSPS) is 20.6. The minimum absolute atomic E-state index is 0.125. The molecule has 1 aliphatic heterocycles. The second-order valence-corrected chi connectivity index (χ2v) is 8.91. The maximum atomic E-state index is 12.2. The van der Waals surface area contributed by atoms with Gasteiger partial charge in [0.15, 0.2) is 0 Å². The minimum atomic E-state index is -3.06. The fraction of sp³-hybridized carbons (Fsp3) is 0.714. The molecular weight excluding hydrogens is 324 g/mol. The van der Waals surface area contributed by atoms with E-state index in [1.807, 2.05) is 0 Å². The molecule has 1 saturated heterocycles. The molecule has 2 fully saturated rings. The summed E-state index contributed by atoms with van der Waals surface area (Å²) in [6.45, 7) is 2.32. The van der Waals surface area contributed by atoms with Crippen molar-refractivity contribution in [3.05, 3.63) is 17.4 Å². The molecule has 0 bridgehead atoms. The molecule has 1 aliphatic carbocycles. The molecule has 1 saturated carbocycles. The van der Waals surface area contributed by atoms with Crippen molar-refractivity contribution in [2.45, 2.75) is 30.9 Å². The molecule has 0 unspecified atom stereocenters. The lowest BCUT2D eigenvalue weighted by molar-refractivity contribution is 0.326. The van der Waals surface area contributed by atoms with E-state index in [-0.39, 0.29) is 5.25 Å². The number of hydrogen-bond donors (Lipinski definition) is 0. The summed E-state index contributed by atoms with van der Waals surface area (Å²) in [6.07, 6.45) is 6.75. The Morgan fingerprint density at radius 3 is 2.36 bits per heavy atom. The summed E-state index contributed by atoms with van der Waals surface area (Å²) in [5.74, 6) is 1.10. The summed E-state index contributed by atoms with van der Waals surface area (Å²) in [7, 11) is -1.34. The fourth-order valence-corrected chi connectivity index (χ4v) is 4.63. The lowest BCUT2D eigenvalue weighted by Crippen LogP contribution is -2.40. The van der Waals surface area contributed by atoms with Crippen LogP contribution in [-0.4, -0.2) is 54.6 Å². The molecule has 0 radical (unpaired) electrons. The van der Waals surface area contributed by atoms with E-state index in [4.69, 9.17) is 11.6 Å². The van der Waals surface area contributed by atoms with Gasteiger partial charge in [-0.2, -0.15) is 0 Å². The summed E-state index contributed by atoms with van der Waals surface area (Å²) in [4.78, 5) is 10.6. The Morgan fingerprint density at radius 2 is 1.82 bits per heavy atom. The molecule has 122 valence electrons. The van der Waals surface area contributed by atoms with Crippen LogP contribution in [0.15, 0.2) is 12.4 Å². The zero-order valence-corrected chi connectivity index (χ0v) is 14.2. The van der Waals surface area contributed by atoms with E-state index in [1.54, 1.807) is 23.7 Å². The van der Waals surface area contributed by atoms with Gasteiger partial charge < -0.3 is 4.90 Å². The zero-order valence-electron chi connectivity index (χ0n) is 12.7. The Labute approximate surface area is 136 Å². The van der Waals surface area contributed by atoms with Crippen molar-refractivity contribution in [2.24, 2.45) is 5.92 Å².